The van der Waals surface area contributed by atoms with Gasteiger partial charge in [0.25, 0.3) is 0 Å². The first-order valence-electron chi connectivity index (χ1n) is 6.87. The van der Waals surface area contributed by atoms with Gasteiger partial charge in [0.15, 0.2) is 0 Å². The number of rotatable bonds is 6. The number of carboxylic acids is 1. The van der Waals surface area contributed by atoms with Gasteiger partial charge in [-0.1, -0.05) is 30.3 Å². The minimum atomic E-state index is -0.943. The van der Waals surface area contributed by atoms with E-state index in [9.17, 15) is 9.90 Å². The molecule has 0 aliphatic heterocycles. The number of carboxylic acid groups (broad SMARTS) is 1. The van der Waals surface area contributed by atoms with E-state index in [1.165, 1.54) is 0 Å². The van der Waals surface area contributed by atoms with Crippen molar-refractivity contribution in [3.8, 4) is 0 Å². The van der Waals surface area contributed by atoms with Crippen LogP contribution in [0.3, 0.4) is 0 Å². The maximum absolute atomic E-state index is 11.8. The molecular weight excluding hydrogens is 266 g/mol. The van der Waals surface area contributed by atoms with Crippen molar-refractivity contribution in [1.82, 2.24) is 14.5 Å². The smallest absolute Gasteiger partial charge is 0.315 e. The Hall–Kier alpha value is -2.14. The Morgan fingerprint density at radius 1 is 1.38 bits per heavy atom. The van der Waals surface area contributed by atoms with Gasteiger partial charge in [0.1, 0.15) is 11.2 Å². The highest BCUT2D eigenvalue weighted by Gasteiger charge is 2.36. The normalized spacial score (nSPS) is 14.1. The Balaban J connectivity index is 2.17. The van der Waals surface area contributed by atoms with Gasteiger partial charge in [-0.15, -0.1) is 0 Å². The van der Waals surface area contributed by atoms with Gasteiger partial charge in [-0.2, -0.15) is 0 Å². The Bertz CT molecular complexity index is 609. The largest absolute Gasteiger partial charge is 0.481 e. The highest BCUT2D eigenvalue weighted by molar-refractivity contribution is 5.81. The van der Waals surface area contributed by atoms with E-state index in [4.69, 9.17) is 0 Å². The molecule has 0 radical (unpaired) electrons. The fraction of sp³-hybridized carbons (Fsp3) is 0.375. The van der Waals surface area contributed by atoms with Gasteiger partial charge in [0, 0.05) is 26.0 Å². The molecule has 0 spiro atoms. The van der Waals surface area contributed by atoms with E-state index in [1.807, 2.05) is 60.1 Å². The van der Waals surface area contributed by atoms with Crippen molar-refractivity contribution in [2.24, 2.45) is 7.05 Å². The summed E-state index contributed by atoms with van der Waals surface area (Å²) >= 11 is 0. The number of aromatic nitrogens is 2. The molecule has 1 unspecified atom stereocenters. The summed E-state index contributed by atoms with van der Waals surface area (Å²) in [5.74, 6) is 0.0960. The molecule has 0 saturated carbocycles. The van der Waals surface area contributed by atoms with Gasteiger partial charge in [-0.25, -0.2) is 4.98 Å². The minimum Gasteiger partial charge on any atom is -0.481 e. The Morgan fingerprint density at radius 2 is 2.05 bits per heavy atom. The van der Waals surface area contributed by atoms with Crippen LogP contribution >= 0.6 is 0 Å². The first-order chi connectivity index (χ1) is 9.93. The lowest BCUT2D eigenvalue weighted by molar-refractivity contribution is -0.144. The lowest BCUT2D eigenvalue weighted by Gasteiger charge is -2.30. The Kier molecular flexibility index (Phi) is 4.43. The van der Waals surface area contributed by atoms with Crippen LogP contribution in [0.5, 0.6) is 0 Å². The van der Waals surface area contributed by atoms with Gasteiger partial charge in [0.05, 0.1) is 6.54 Å². The number of nitrogens with zero attached hydrogens (tertiary/aromatic N) is 3. The number of imidazole rings is 1. The van der Waals surface area contributed by atoms with Crippen LogP contribution in [0.4, 0.5) is 0 Å². The molecule has 1 N–H and O–H groups in total. The summed E-state index contributed by atoms with van der Waals surface area (Å²) in [6, 6.07) is 9.36. The summed E-state index contributed by atoms with van der Waals surface area (Å²) in [7, 11) is 3.85. The summed E-state index contributed by atoms with van der Waals surface area (Å²) in [6.45, 7) is 2.79. The molecule has 2 rings (SSSR count). The molecule has 112 valence electrons. The molecule has 5 nitrogen and oxygen atoms in total. The summed E-state index contributed by atoms with van der Waals surface area (Å²) in [6.07, 6.45) is 3.63. The van der Waals surface area contributed by atoms with Crippen LogP contribution in [-0.4, -0.2) is 39.1 Å². The van der Waals surface area contributed by atoms with Crippen molar-refractivity contribution in [1.29, 1.82) is 0 Å². The molecule has 0 amide bonds. The maximum Gasteiger partial charge on any atom is 0.315 e. The Morgan fingerprint density at radius 3 is 2.57 bits per heavy atom. The number of hydrogen-bond acceptors (Lipinski definition) is 3. The number of benzene rings is 1. The zero-order valence-corrected chi connectivity index (χ0v) is 12.7. The van der Waals surface area contributed by atoms with Gasteiger partial charge in [-0.3, -0.25) is 9.69 Å². The summed E-state index contributed by atoms with van der Waals surface area (Å²) in [4.78, 5) is 18.0. The monoisotopic (exact) mass is 287 g/mol. The topological polar surface area (TPSA) is 58.4 Å². The first-order valence-corrected chi connectivity index (χ1v) is 6.87. The second kappa shape index (κ2) is 6.10. The van der Waals surface area contributed by atoms with E-state index >= 15 is 0 Å². The fourth-order valence-electron chi connectivity index (χ4n) is 2.47. The van der Waals surface area contributed by atoms with Gasteiger partial charge in [-0.05, 0) is 19.5 Å². The SMILES string of the molecule is CN(Cc1nccn1C)CC(C)(C(=O)O)c1ccccc1. The number of carbonyl (C=O) groups is 1. The predicted molar refractivity (Wildman–Crippen MR) is 81.0 cm³/mol. The van der Waals surface area contributed by atoms with Crippen LogP contribution in [-0.2, 0) is 23.8 Å². The molecule has 1 atom stereocenters. The van der Waals surface area contributed by atoms with Crippen LogP contribution in [0, 0.1) is 0 Å². The molecule has 2 aromatic rings. The third-order valence-electron chi connectivity index (χ3n) is 3.80. The molecule has 0 aliphatic rings. The average Bonchev–Trinajstić information content (AvgIpc) is 2.84. The second-order valence-corrected chi connectivity index (χ2v) is 5.63. The molecule has 0 aliphatic carbocycles. The van der Waals surface area contributed by atoms with Crippen LogP contribution in [0.25, 0.3) is 0 Å². The zero-order chi connectivity index (χ0) is 15.5. The van der Waals surface area contributed by atoms with Crippen molar-refractivity contribution < 1.29 is 9.90 Å². The van der Waals surface area contributed by atoms with E-state index in [0.29, 0.717) is 13.1 Å². The average molecular weight is 287 g/mol. The standard InChI is InChI=1S/C16H21N3O2/c1-16(15(20)21,13-7-5-4-6-8-13)12-18(2)11-14-17-9-10-19(14)3/h4-10H,11-12H2,1-3H3,(H,20,21). The summed E-state index contributed by atoms with van der Waals surface area (Å²) < 4.78 is 1.94. The Labute approximate surface area is 124 Å². The quantitative estimate of drug-likeness (QED) is 0.881. The third kappa shape index (κ3) is 3.31. The molecular formula is C16H21N3O2. The van der Waals surface area contributed by atoms with Gasteiger partial charge in [0.2, 0.25) is 0 Å². The minimum absolute atomic E-state index is 0.416. The predicted octanol–water partition coefficient (Wildman–Crippen LogP) is 1.89. The van der Waals surface area contributed by atoms with Crippen molar-refractivity contribution >= 4 is 5.97 Å². The molecule has 0 saturated heterocycles. The molecule has 5 heteroatoms. The molecule has 0 bridgehead atoms. The van der Waals surface area contributed by atoms with Crippen LogP contribution in [0.2, 0.25) is 0 Å². The molecule has 0 fully saturated rings. The molecule has 1 aromatic carbocycles. The van der Waals surface area contributed by atoms with E-state index in [0.717, 1.165) is 11.4 Å². The zero-order valence-electron chi connectivity index (χ0n) is 12.7. The van der Waals surface area contributed by atoms with E-state index in [-0.39, 0.29) is 0 Å². The van der Waals surface area contributed by atoms with E-state index < -0.39 is 11.4 Å². The lowest BCUT2D eigenvalue weighted by Crippen LogP contribution is -2.43. The summed E-state index contributed by atoms with van der Waals surface area (Å²) in [5, 5.41) is 9.67. The summed E-state index contributed by atoms with van der Waals surface area (Å²) in [5.41, 5.74) is -0.134. The first kappa shape index (κ1) is 15.3. The van der Waals surface area contributed by atoms with Gasteiger partial charge < -0.3 is 9.67 Å². The molecule has 1 heterocycles. The van der Waals surface area contributed by atoms with Crippen molar-refractivity contribution in [3.05, 3.63) is 54.1 Å². The van der Waals surface area contributed by atoms with Crippen LogP contribution in [0.15, 0.2) is 42.7 Å². The third-order valence-corrected chi connectivity index (χ3v) is 3.80. The van der Waals surface area contributed by atoms with Crippen LogP contribution in [0.1, 0.15) is 18.3 Å². The highest BCUT2D eigenvalue weighted by Crippen LogP contribution is 2.25. The van der Waals surface area contributed by atoms with Crippen LogP contribution < -0.4 is 0 Å². The van der Waals surface area contributed by atoms with E-state index in [2.05, 4.69) is 4.98 Å². The van der Waals surface area contributed by atoms with Gasteiger partial charge >= 0.3 is 5.97 Å². The van der Waals surface area contributed by atoms with E-state index in [1.54, 1.807) is 13.1 Å². The number of aryl methyl sites for hydroxylation is 1. The molecule has 21 heavy (non-hydrogen) atoms. The number of likely N-dealkylation sites (N-methyl/N-ethyl adjacent to an activating group) is 1. The van der Waals surface area contributed by atoms with Crippen molar-refractivity contribution in [2.45, 2.75) is 18.9 Å². The number of hydrogen-bond donors (Lipinski definition) is 1. The van der Waals surface area contributed by atoms with Crippen molar-refractivity contribution in [3.63, 3.8) is 0 Å². The lowest BCUT2D eigenvalue weighted by atomic mass is 9.82. The highest BCUT2D eigenvalue weighted by atomic mass is 16.4. The second-order valence-electron chi connectivity index (χ2n) is 5.63. The maximum atomic E-state index is 11.8. The van der Waals surface area contributed by atoms with Crippen molar-refractivity contribution in [2.75, 3.05) is 13.6 Å². The number of aliphatic carboxylic acids is 1. The molecule has 1 aromatic heterocycles. The fourth-order valence-corrected chi connectivity index (χ4v) is 2.47.